The van der Waals surface area contributed by atoms with Gasteiger partial charge in [0.25, 0.3) is 0 Å². The first-order valence-corrected chi connectivity index (χ1v) is 5.65. The molecule has 0 saturated carbocycles. The number of hydrogen-bond acceptors (Lipinski definition) is 5. The highest BCUT2D eigenvalue weighted by molar-refractivity contribution is 5.58. The van der Waals surface area contributed by atoms with Crippen LogP contribution in [0, 0.1) is 6.92 Å². The first-order valence-electron chi connectivity index (χ1n) is 5.65. The zero-order valence-corrected chi connectivity index (χ0v) is 10.3. The average Bonchev–Trinajstić information content (AvgIpc) is 2.74. The Balaban J connectivity index is 2.36. The summed E-state index contributed by atoms with van der Waals surface area (Å²) in [4.78, 5) is 8.73. The van der Waals surface area contributed by atoms with E-state index in [1.807, 2.05) is 20.2 Å². The molecule has 0 bridgehead atoms. The molecule has 0 aliphatic rings. The predicted molar refractivity (Wildman–Crippen MR) is 65.5 cm³/mol. The highest BCUT2D eigenvalue weighted by Gasteiger charge is 2.10. The van der Waals surface area contributed by atoms with Gasteiger partial charge in [-0.3, -0.25) is 0 Å². The molecule has 2 rings (SSSR count). The van der Waals surface area contributed by atoms with Gasteiger partial charge in [-0.15, -0.1) is 5.10 Å². The van der Waals surface area contributed by atoms with Crippen molar-refractivity contribution in [1.82, 2.24) is 25.0 Å². The predicted octanol–water partition coefficient (Wildman–Crippen LogP) is 1.40. The lowest BCUT2D eigenvalue weighted by Gasteiger charge is -2.07. The lowest BCUT2D eigenvalue weighted by atomic mass is 10.2. The Kier molecular flexibility index (Phi) is 3.32. The number of hydrogen-bond donors (Lipinski definition) is 1. The van der Waals surface area contributed by atoms with Crippen molar-refractivity contribution in [3.05, 3.63) is 18.0 Å². The summed E-state index contributed by atoms with van der Waals surface area (Å²) >= 11 is 0. The quantitative estimate of drug-likeness (QED) is 0.863. The Hall–Kier alpha value is -1.98. The van der Waals surface area contributed by atoms with E-state index in [-0.39, 0.29) is 0 Å². The van der Waals surface area contributed by atoms with Gasteiger partial charge in [-0.05, 0) is 18.9 Å². The van der Waals surface area contributed by atoms with Crippen LogP contribution >= 0.6 is 0 Å². The second kappa shape index (κ2) is 4.90. The van der Waals surface area contributed by atoms with Crippen molar-refractivity contribution in [2.45, 2.75) is 20.3 Å². The van der Waals surface area contributed by atoms with Crippen LogP contribution in [0.15, 0.2) is 12.4 Å². The summed E-state index contributed by atoms with van der Waals surface area (Å²) in [5.74, 6) is 0.647. The van der Waals surface area contributed by atoms with Gasteiger partial charge in [-0.2, -0.15) is 0 Å². The van der Waals surface area contributed by atoms with E-state index in [2.05, 4.69) is 32.5 Å². The van der Waals surface area contributed by atoms with Crippen LogP contribution in [0.4, 0.5) is 5.95 Å². The Morgan fingerprint density at radius 3 is 2.82 bits per heavy atom. The van der Waals surface area contributed by atoms with Crippen LogP contribution in [0.25, 0.3) is 11.4 Å². The summed E-state index contributed by atoms with van der Waals surface area (Å²) in [5.41, 5.74) is 2.77. The minimum Gasteiger partial charge on any atom is -0.354 e. The van der Waals surface area contributed by atoms with Crippen LogP contribution in [0.3, 0.4) is 0 Å². The molecule has 6 heteroatoms. The molecule has 0 aliphatic heterocycles. The van der Waals surface area contributed by atoms with Gasteiger partial charge in [-0.25, -0.2) is 14.6 Å². The van der Waals surface area contributed by atoms with Crippen LogP contribution in [0.1, 0.15) is 18.9 Å². The van der Waals surface area contributed by atoms with Gasteiger partial charge in [0.15, 0.2) is 0 Å². The van der Waals surface area contributed by atoms with E-state index >= 15 is 0 Å². The molecule has 0 spiro atoms. The third-order valence-electron chi connectivity index (χ3n) is 2.46. The van der Waals surface area contributed by atoms with E-state index in [1.54, 1.807) is 10.9 Å². The van der Waals surface area contributed by atoms with Crippen LogP contribution in [0.5, 0.6) is 0 Å². The molecule has 0 atom stereocenters. The zero-order chi connectivity index (χ0) is 12.3. The fourth-order valence-electron chi connectivity index (χ4n) is 1.53. The van der Waals surface area contributed by atoms with Crippen molar-refractivity contribution in [3.63, 3.8) is 0 Å². The van der Waals surface area contributed by atoms with Gasteiger partial charge in [0.05, 0.1) is 11.9 Å². The Labute approximate surface area is 100 Å². The lowest BCUT2D eigenvalue weighted by Crippen LogP contribution is -2.06. The molecule has 6 nitrogen and oxygen atoms in total. The van der Waals surface area contributed by atoms with Crippen LogP contribution in [0.2, 0.25) is 0 Å². The van der Waals surface area contributed by atoms with Gasteiger partial charge in [-0.1, -0.05) is 12.1 Å². The van der Waals surface area contributed by atoms with E-state index in [9.17, 15) is 0 Å². The molecule has 2 aromatic heterocycles. The summed E-state index contributed by atoms with van der Waals surface area (Å²) < 4.78 is 1.71. The van der Waals surface area contributed by atoms with Crippen LogP contribution < -0.4 is 5.32 Å². The third kappa shape index (κ3) is 2.41. The largest absolute Gasteiger partial charge is 0.354 e. The molecule has 2 heterocycles. The maximum absolute atomic E-state index is 4.49. The molecule has 90 valence electrons. The van der Waals surface area contributed by atoms with Crippen molar-refractivity contribution in [3.8, 4) is 11.4 Å². The Bertz CT molecular complexity index is 504. The topological polar surface area (TPSA) is 68.5 Å². The van der Waals surface area contributed by atoms with E-state index in [0.717, 1.165) is 29.9 Å². The second-order valence-electron chi connectivity index (χ2n) is 3.89. The molecule has 17 heavy (non-hydrogen) atoms. The van der Waals surface area contributed by atoms with Crippen molar-refractivity contribution < 1.29 is 0 Å². The maximum atomic E-state index is 4.49. The number of aryl methyl sites for hydroxylation is 2. The standard InChI is InChI=1S/C11H16N6/c1-4-5-12-11-13-6-8(2)10(15-11)9-7-14-16-17(9)3/h6-7H,4-5H2,1-3H3,(H,12,13,15). The molecule has 1 N–H and O–H groups in total. The average molecular weight is 232 g/mol. The number of aromatic nitrogens is 5. The maximum Gasteiger partial charge on any atom is 0.223 e. The van der Waals surface area contributed by atoms with Gasteiger partial charge in [0.1, 0.15) is 5.69 Å². The summed E-state index contributed by atoms with van der Waals surface area (Å²) in [6, 6.07) is 0. The molecule has 0 unspecified atom stereocenters. The van der Waals surface area contributed by atoms with E-state index < -0.39 is 0 Å². The molecular formula is C11H16N6. The van der Waals surface area contributed by atoms with E-state index in [1.165, 1.54) is 0 Å². The molecule has 0 amide bonds. The van der Waals surface area contributed by atoms with Gasteiger partial charge >= 0.3 is 0 Å². The van der Waals surface area contributed by atoms with Crippen molar-refractivity contribution in [1.29, 1.82) is 0 Å². The summed E-state index contributed by atoms with van der Waals surface area (Å²) in [7, 11) is 1.85. The summed E-state index contributed by atoms with van der Waals surface area (Å²) in [6.45, 7) is 4.95. The van der Waals surface area contributed by atoms with Crippen molar-refractivity contribution in [2.24, 2.45) is 7.05 Å². The summed E-state index contributed by atoms with van der Waals surface area (Å²) in [6.07, 6.45) is 4.56. The second-order valence-corrected chi connectivity index (χ2v) is 3.89. The fraction of sp³-hybridized carbons (Fsp3) is 0.455. The van der Waals surface area contributed by atoms with Gasteiger partial charge in [0.2, 0.25) is 5.95 Å². The highest BCUT2D eigenvalue weighted by atomic mass is 15.4. The first kappa shape index (κ1) is 11.5. The van der Waals surface area contributed by atoms with Gasteiger partial charge < -0.3 is 5.32 Å². The molecule has 0 fully saturated rings. The Morgan fingerprint density at radius 1 is 1.35 bits per heavy atom. The minimum atomic E-state index is 0.647. The molecular weight excluding hydrogens is 216 g/mol. The number of nitrogens with zero attached hydrogens (tertiary/aromatic N) is 5. The van der Waals surface area contributed by atoms with E-state index in [4.69, 9.17) is 0 Å². The van der Waals surface area contributed by atoms with Gasteiger partial charge in [0, 0.05) is 19.8 Å². The third-order valence-corrected chi connectivity index (χ3v) is 2.46. The Morgan fingerprint density at radius 2 is 2.18 bits per heavy atom. The smallest absolute Gasteiger partial charge is 0.223 e. The van der Waals surface area contributed by atoms with E-state index in [0.29, 0.717) is 5.95 Å². The first-order chi connectivity index (χ1) is 8.22. The fourth-order valence-corrected chi connectivity index (χ4v) is 1.53. The molecule has 0 aromatic carbocycles. The van der Waals surface area contributed by atoms with Crippen molar-refractivity contribution in [2.75, 3.05) is 11.9 Å². The summed E-state index contributed by atoms with van der Waals surface area (Å²) in [5, 5.41) is 10.9. The SMILES string of the molecule is CCCNc1ncc(C)c(-c2cnnn2C)n1. The minimum absolute atomic E-state index is 0.647. The van der Waals surface area contributed by atoms with Crippen LogP contribution in [-0.4, -0.2) is 31.5 Å². The zero-order valence-electron chi connectivity index (χ0n) is 10.3. The van der Waals surface area contributed by atoms with Crippen LogP contribution in [-0.2, 0) is 7.05 Å². The molecule has 2 aromatic rings. The lowest BCUT2D eigenvalue weighted by molar-refractivity contribution is 0.718. The molecule has 0 radical (unpaired) electrons. The molecule has 0 saturated heterocycles. The van der Waals surface area contributed by atoms with Crippen molar-refractivity contribution >= 4 is 5.95 Å². The number of nitrogens with one attached hydrogen (secondary N) is 1. The molecule has 0 aliphatic carbocycles. The highest BCUT2D eigenvalue weighted by Crippen LogP contribution is 2.19. The number of rotatable bonds is 4. The normalized spacial score (nSPS) is 10.5. The monoisotopic (exact) mass is 232 g/mol. The number of anilines is 1.